The van der Waals surface area contributed by atoms with Gasteiger partial charge in [0.1, 0.15) is 0 Å². The Labute approximate surface area is 247 Å². The van der Waals surface area contributed by atoms with Gasteiger partial charge in [-0.05, 0) is 62.1 Å². The third kappa shape index (κ3) is 12.8. The standard InChI is InChI=1S/C30H40Cl2N4O4/c1-3-11-27(37)33-21-15-17-23(31)25(19-21)35-29(39)13-9-7-5-6-8-10-14-30(40)36-26-20-22(16-18-24(26)32)34-28(38)12-4-2/h15-20H,3-14H2,1-2H3,(H,33,37)(H,34,38)(H,35,39)(H,36,40). The van der Waals surface area contributed by atoms with Gasteiger partial charge in [-0.2, -0.15) is 0 Å². The summed E-state index contributed by atoms with van der Waals surface area (Å²) >= 11 is 12.4. The normalized spacial score (nSPS) is 10.6. The molecule has 0 saturated carbocycles. The average molecular weight is 592 g/mol. The minimum atomic E-state index is -0.122. The highest BCUT2D eigenvalue weighted by Gasteiger charge is 2.10. The molecule has 0 saturated heterocycles. The second kappa shape index (κ2) is 18.3. The largest absolute Gasteiger partial charge is 0.326 e. The van der Waals surface area contributed by atoms with E-state index in [9.17, 15) is 19.2 Å². The van der Waals surface area contributed by atoms with Gasteiger partial charge in [0.05, 0.1) is 21.4 Å². The summed E-state index contributed by atoms with van der Waals surface area (Å²) in [5.74, 6) is -0.399. The predicted molar refractivity (Wildman–Crippen MR) is 164 cm³/mol. The summed E-state index contributed by atoms with van der Waals surface area (Å²) in [5.41, 5.74) is 2.15. The molecular weight excluding hydrogens is 551 g/mol. The molecule has 0 aliphatic heterocycles. The second-order valence-corrected chi connectivity index (χ2v) is 10.5. The van der Waals surface area contributed by atoms with Gasteiger partial charge in [-0.25, -0.2) is 0 Å². The van der Waals surface area contributed by atoms with Crippen LogP contribution in [-0.2, 0) is 19.2 Å². The highest BCUT2D eigenvalue weighted by atomic mass is 35.5. The first kappa shape index (κ1) is 33.1. The first-order valence-corrected chi connectivity index (χ1v) is 14.8. The van der Waals surface area contributed by atoms with Crippen LogP contribution in [-0.4, -0.2) is 23.6 Å². The predicted octanol–water partition coefficient (Wildman–Crippen LogP) is 8.17. The summed E-state index contributed by atoms with van der Waals surface area (Å²) in [6.45, 7) is 3.87. The molecule has 0 fully saturated rings. The van der Waals surface area contributed by atoms with E-state index in [0.717, 1.165) is 51.4 Å². The fraction of sp³-hybridized carbons (Fsp3) is 0.467. The van der Waals surface area contributed by atoms with E-state index < -0.39 is 0 Å². The quantitative estimate of drug-likeness (QED) is 0.139. The van der Waals surface area contributed by atoms with Crippen molar-refractivity contribution in [2.75, 3.05) is 21.3 Å². The minimum absolute atomic E-state index is 0.0774. The Bertz CT molecular complexity index is 1070. The van der Waals surface area contributed by atoms with E-state index >= 15 is 0 Å². The smallest absolute Gasteiger partial charge is 0.224 e. The fourth-order valence-electron chi connectivity index (χ4n) is 4.00. The van der Waals surface area contributed by atoms with Crippen molar-refractivity contribution < 1.29 is 19.2 Å². The summed E-state index contributed by atoms with van der Waals surface area (Å²) in [6, 6.07) is 10.0. The summed E-state index contributed by atoms with van der Waals surface area (Å²) in [6.07, 6.45) is 8.40. The molecule has 0 aliphatic rings. The Balaban J connectivity index is 1.61. The molecule has 0 radical (unpaired) electrons. The van der Waals surface area contributed by atoms with E-state index in [4.69, 9.17) is 23.2 Å². The van der Waals surface area contributed by atoms with Gasteiger partial charge in [0.25, 0.3) is 0 Å². The van der Waals surface area contributed by atoms with E-state index in [0.29, 0.717) is 58.5 Å². The molecule has 0 aromatic heterocycles. The van der Waals surface area contributed by atoms with Gasteiger partial charge in [0, 0.05) is 37.1 Å². The Morgan fingerprint density at radius 3 is 1.25 bits per heavy atom. The topological polar surface area (TPSA) is 116 Å². The van der Waals surface area contributed by atoms with Crippen molar-refractivity contribution in [2.45, 2.75) is 90.9 Å². The molecular formula is C30H40Cl2N4O4. The molecule has 4 N–H and O–H groups in total. The highest BCUT2D eigenvalue weighted by molar-refractivity contribution is 6.34. The summed E-state index contributed by atoms with van der Waals surface area (Å²) in [5, 5.41) is 12.1. The van der Waals surface area contributed by atoms with Crippen molar-refractivity contribution in [2.24, 2.45) is 0 Å². The number of hydrogen-bond acceptors (Lipinski definition) is 4. The molecule has 10 heteroatoms. The number of nitrogens with one attached hydrogen (secondary N) is 4. The molecule has 40 heavy (non-hydrogen) atoms. The van der Waals surface area contributed by atoms with E-state index in [-0.39, 0.29) is 23.6 Å². The Kier molecular flexibility index (Phi) is 15.1. The van der Waals surface area contributed by atoms with Crippen LogP contribution in [0, 0.1) is 0 Å². The van der Waals surface area contributed by atoms with Crippen molar-refractivity contribution in [3.05, 3.63) is 46.4 Å². The molecule has 8 nitrogen and oxygen atoms in total. The minimum Gasteiger partial charge on any atom is -0.326 e. The van der Waals surface area contributed by atoms with Gasteiger partial charge in [-0.1, -0.05) is 62.7 Å². The number of carbonyl (C=O) groups excluding carboxylic acids is 4. The van der Waals surface area contributed by atoms with Gasteiger partial charge in [-0.15, -0.1) is 0 Å². The van der Waals surface area contributed by atoms with Gasteiger partial charge in [0.15, 0.2) is 0 Å². The summed E-state index contributed by atoms with van der Waals surface area (Å²) in [4.78, 5) is 48.3. The van der Waals surface area contributed by atoms with Crippen molar-refractivity contribution in [1.29, 1.82) is 0 Å². The van der Waals surface area contributed by atoms with Crippen LogP contribution in [0.25, 0.3) is 0 Å². The lowest BCUT2D eigenvalue weighted by molar-refractivity contribution is -0.117. The van der Waals surface area contributed by atoms with Crippen LogP contribution in [0.2, 0.25) is 10.0 Å². The molecule has 0 heterocycles. The van der Waals surface area contributed by atoms with Crippen molar-refractivity contribution in [3.8, 4) is 0 Å². The fourth-order valence-corrected chi connectivity index (χ4v) is 4.33. The van der Waals surface area contributed by atoms with Gasteiger partial charge < -0.3 is 21.3 Å². The number of halogens is 2. The number of unbranched alkanes of at least 4 members (excludes halogenated alkanes) is 5. The Hall–Kier alpha value is -3.10. The van der Waals surface area contributed by atoms with E-state index in [2.05, 4.69) is 21.3 Å². The van der Waals surface area contributed by atoms with Gasteiger partial charge in [-0.3, -0.25) is 19.2 Å². The van der Waals surface area contributed by atoms with E-state index in [1.54, 1.807) is 36.4 Å². The molecule has 2 rings (SSSR count). The van der Waals surface area contributed by atoms with Crippen LogP contribution < -0.4 is 21.3 Å². The van der Waals surface area contributed by atoms with Crippen LogP contribution >= 0.6 is 23.2 Å². The molecule has 4 amide bonds. The van der Waals surface area contributed by atoms with Crippen LogP contribution in [0.3, 0.4) is 0 Å². The number of hydrogen-bond donors (Lipinski definition) is 4. The first-order chi connectivity index (χ1) is 19.2. The first-order valence-electron chi connectivity index (χ1n) is 14.0. The summed E-state index contributed by atoms with van der Waals surface area (Å²) in [7, 11) is 0. The number of rotatable bonds is 17. The number of anilines is 4. The van der Waals surface area contributed by atoms with Crippen LogP contribution in [0.1, 0.15) is 90.9 Å². The number of carbonyl (C=O) groups is 4. The average Bonchev–Trinajstić information content (AvgIpc) is 2.90. The Morgan fingerprint density at radius 2 is 0.875 bits per heavy atom. The molecule has 0 atom stereocenters. The molecule has 0 aliphatic carbocycles. The second-order valence-electron chi connectivity index (χ2n) is 9.70. The molecule has 0 unspecified atom stereocenters. The van der Waals surface area contributed by atoms with E-state index in [1.165, 1.54) is 0 Å². The van der Waals surface area contributed by atoms with Crippen LogP contribution in [0.5, 0.6) is 0 Å². The maximum Gasteiger partial charge on any atom is 0.224 e. The third-order valence-corrected chi connectivity index (χ3v) is 6.72. The zero-order valence-electron chi connectivity index (χ0n) is 23.3. The van der Waals surface area contributed by atoms with E-state index in [1.807, 2.05) is 13.8 Å². The SMILES string of the molecule is CCCC(=O)Nc1ccc(Cl)c(NC(=O)CCCCCCCCC(=O)Nc2cc(NC(=O)CCC)ccc2Cl)c1. The number of benzene rings is 2. The highest BCUT2D eigenvalue weighted by Crippen LogP contribution is 2.27. The maximum atomic E-state index is 12.4. The lowest BCUT2D eigenvalue weighted by Crippen LogP contribution is -2.13. The maximum absolute atomic E-state index is 12.4. The van der Waals surface area contributed by atoms with Crippen LogP contribution in [0.15, 0.2) is 36.4 Å². The summed E-state index contributed by atoms with van der Waals surface area (Å²) < 4.78 is 0. The molecule has 0 bridgehead atoms. The number of amides is 4. The zero-order valence-corrected chi connectivity index (χ0v) is 24.9. The monoisotopic (exact) mass is 590 g/mol. The van der Waals surface area contributed by atoms with Crippen LogP contribution in [0.4, 0.5) is 22.7 Å². The Morgan fingerprint density at radius 1 is 0.525 bits per heavy atom. The van der Waals surface area contributed by atoms with Crippen molar-refractivity contribution in [1.82, 2.24) is 0 Å². The molecule has 218 valence electrons. The molecule has 0 spiro atoms. The van der Waals surface area contributed by atoms with Crippen molar-refractivity contribution in [3.63, 3.8) is 0 Å². The van der Waals surface area contributed by atoms with Gasteiger partial charge in [0.2, 0.25) is 23.6 Å². The van der Waals surface area contributed by atoms with Gasteiger partial charge >= 0.3 is 0 Å². The molecule has 2 aromatic rings. The van der Waals surface area contributed by atoms with Crippen molar-refractivity contribution >= 4 is 69.6 Å². The lowest BCUT2D eigenvalue weighted by atomic mass is 10.1. The lowest BCUT2D eigenvalue weighted by Gasteiger charge is -2.11. The third-order valence-electron chi connectivity index (χ3n) is 6.06. The molecule has 2 aromatic carbocycles. The zero-order chi connectivity index (χ0) is 29.3.